The molecule has 0 aromatic heterocycles. The minimum absolute atomic E-state index is 0.00744. The predicted molar refractivity (Wildman–Crippen MR) is 129 cm³/mol. The van der Waals surface area contributed by atoms with Crippen LogP contribution in [-0.4, -0.2) is 43.2 Å². The van der Waals surface area contributed by atoms with Gasteiger partial charge in [0.15, 0.2) is 5.78 Å². The van der Waals surface area contributed by atoms with Crippen molar-refractivity contribution in [2.24, 2.45) is 0 Å². The quantitative estimate of drug-likeness (QED) is 0.483. The molecule has 2 N–H and O–H groups in total. The van der Waals surface area contributed by atoms with Gasteiger partial charge in [-0.1, -0.05) is 42.5 Å². The van der Waals surface area contributed by atoms with E-state index in [1.807, 2.05) is 30.3 Å². The second-order valence-corrected chi connectivity index (χ2v) is 7.63. The van der Waals surface area contributed by atoms with Crippen LogP contribution in [0.25, 0.3) is 0 Å². The first-order valence-electron chi connectivity index (χ1n) is 10.5. The lowest BCUT2D eigenvalue weighted by Crippen LogP contribution is -2.39. The Labute approximate surface area is 193 Å². The van der Waals surface area contributed by atoms with Crippen molar-refractivity contribution in [2.75, 3.05) is 31.3 Å². The fourth-order valence-corrected chi connectivity index (χ4v) is 3.46. The first-order chi connectivity index (χ1) is 15.9. The standard InChI is InChI=1S/C26H27N3O4/c1-18(30)20-10-7-11-22(16-20)28-26(32)25(19-8-5-4-6-9-19)29(2)17-24(31)27-21-12-14-23(33-3)15-13-21/h4-16,25H,17H2,1-3H3,(H,27,31)(H,28,32). The van der Waals surface area contributed by atoms with Gasteiger partial charge in [0.25, 0.3) is 0 Å². The Morgan fingerprint density at radius 1 is 0.879 bits per heavy atom. The molecule has 1 atom stereocenters. The summed E-state index contributed by atoms with van der Waals surface area (Å²) in [4.78, 5) is 39.3. The van der Waals surface area contributed by atoms with Gasteiger partial charge in [0.2, 0.25) is 11.8 Å². The van der Waals surface area contributed by atoms with Crippen molar-refractivity contribution in [3.05, 3.63) is 90.0 Å². The molecule has 0 radical (unpaired) electrons. The van der Waals surface area contributed by atoms with Gasteiger partial charge in [-0.2, -0.15) is 0 Å². The molecule has 0 fully saturated rings. The van der Waals surface area contributed by atoms with Crippen LogP contribution in [0, 0.1) is 0 Å². The Hall–Kier alpha value is -3.97. The third kappa shape index (κ3) is 6.51. The molecule has 0 heterocycles. The molecule has 0 spiro atoms. The molecule has 7 heteroatoms. The Bertz CT molecular complexity index is 1110. The van der Waals surface area contributed by atoms with Gasteiger partial charge in [-0.25, -0.2) is 0 Å². The Morgan fingerprint density at radius 3 is 2.21 bits per heavy atom. The van der Waals surface area contributed by atoms with E-state index in [0.717, 1.165) is 5.56 Å². The lowest BCUT2D eigenvalue weighted by molar-refractivity contribution is -0.123. The highest BCUT2D eigenvalue weighted by molar-refractivity contribution is 5.99. The topological polar surface area (TPSA) is 87.7 Å². The zero-order valence-electron chi connectivity index (χ0n) is 18.9. The SMILES string of the molecule is COc1ccc(NC(=O)CN(C)C(C(=O)Nc2cccc(C(C)=O)c2)c2ccccc2)cc1. The maximum absolute atomic E-state index is 13.3. The Kier molecular flexibility index (Phi) is 7.94. The zero-order valence-corrected chi connectivity index (χ0v) is 18.9. The number of hydrogen-bond donors (Lipinski definition) is 2. The number of nitrogens with zero attached hydrogens (tertiary/aromatic N) is 1. The van der Waals surface area contributed by atoms with Gasteiger partial charge >= 0.3 is 0 Å². The van der Waals surface area contributed by atoms with Crippen LogP contribution in [0.4, 0.5) is 11.4 Å². The molecule has 33 heavy (non-hydrogen) atoms. The molecule has 0 saturated carbocycles. The molecule has 3 aromatic rings. The fourth-order valence-electron chi connectivity index (χ4n) is 3.46. The highest BCUT2D eigenvalue weighted by Crippen LogP contribution is 2.23. The number of anilines is 2. The van der Waals surface area contributed by atoms with E-state index in [0.29, 0.717) is 22.7 Å². The molecule has 0 saturated heterocycles. The summed E-state index contributed by atoms with van der Waals surface area (Å²) < 4.78 is 5.13. The van der Waals surface area contributed by atoms with Gasteiger partial charge in [-0.3, -0.25) is 19.3 Å². The molecule has 170 valence electrons. The van der Waals surface area contributed by atoms with Crippen molar-refractivity contribution in [3.63, 3.8) is 0 Å². The van der Waals surface area contributed by atoms with E-state index < -0.39 is 6.04 Å². The normalized spacial score (nSPS) is 11.5. The molecular formula is C26H27N3O4. The molecule has 3 aromatic carbocycles. The Morgan fingerprint density at radius 2 is 1.58 bits per heavy atom. The number of benzene rings is 3. The van der Waals surface area contributed by atoms with Crippen LogP contribution in [0.15, 0.2) is 78.9 Å². The largest absolute Gasteiger partial charge is 0.497 e. The van der Waals surface area contributed by atoms with E-state index in [1.54, 1.807) is 67.6 Å². The van der Waals surface area contributed by atoms with Crippen LogP contribution < -0.4 is 15.4 Å². The number of Topliss-reactive ketones (excluding diaryl/α,β-unsaturated/α-hetero) is 1. The van der Waals surface area contributed by atoms with Gasteiger partial charge in [-0.05, 0) is 55.9 Å². The van der Waals surface area contributed by atoms with Crippen LogP contribution in [0.3, 0.4) is 0 Å². The average Bonchev–Trinajstić information content (AvgIpc) is 2.80. The predicted octanol–water partition coefficient (Wildman–Crippen LogP) is 4.15. The lowest BCUT2D eigenvalue weighted by atomic mass is 10.0. The van der Waals surface area contributed by atoms with E-state index in [2.05, 4.69) is 10.6 Å². The lowest BCUT2D eigenvalue weighted by Gasteiger charge is -2.27. The number of carbonyl (C=O) groups excluding carboxylic acids is 3. The van der Waals surface area contributed by atoms with Crippen molar-refractivity contribution in [1.29, 1.82) is 0 Å². The number of nitrogens with one attached hydrogen (secondary N) is 2. The number of amides is 2. The average molecular weight is 446 g/mol. The Balaban J connectivity index is 1.75. The number of methoxy groups -OCH3 is 1. The van der Waals surface area contributed by atoms with E-state index >= 15 is 0 Å². The van der Waals surface area contributed by atoms with E-state index in [9.17, 15) is 14.4 Å². The van der Waals surface area contributed by atoms with E-state index in [-0.39, 0.29) is 24.1 Å². The number of hydrogen-bond acceptors (Lipinski definition) is 5. The summed E-state index contributed by atoms with van der Waals surface area (Å²) in [6, 6.07) is 22.3. The first kappa shape index (κ1) is 23.7. The van der Waals surface area contributed by atoms with Gasteiger partial charge in [0, 0.05) is 16.9 Å². The molecular weight excluding hydrogens is 418 g/mol. The minimum atomic E-state index is -0.714. The van der Waals surface area contributed by atoms with Gasteiger partial charge in [0.1, 0.15) is 11.8 Å². The molecule has 7 nitrogen and oxygen atoms in total. The fraction of sp³-hybridized carbons (Fsp3) is 0.192. The third-order valence-corrected chi connectivity index (χ3v) is 5.11. The number of ketones is 1. The van der Waals surface area contributed by atoms with Crippen molar-refractivity contribution in [2.45, 2.75) is 13.0 Å². The summed E-state index contributed by atoms with van der Waals surface area (Å²) in [5.41, 5.74) is 2.41. The van der Waals surface area contributed by atoms with Crippen molar-refractivity contribution < 1.29 is 19.1 Å². The molecule has 0 aliphatic rings. The molecule has 3 rings (SSSR count). The smallest absolute Gasteiger partial charge is 0.246 e. The van der Waals surface area contributed by atoms with Crippen LogP contribution in [0.5, 0.6) is 5.75 Å². The van der Waals surface area contributed by atoms with Gasteiger partial charge in [0.05, 0.1) is 13.7 Å². The minimum Gasteiger partial charge on any atom is -0.497 e. The van der Waals surface area contributed by atoms with E-state index in [4.69, 9.17) is 4.74 Å². The molecule has 1 unspecified atom stereocenters. The van der Waals surface area contributed by atoms with Crippen molar-refractivity contribution in [3.8, 4) is 5.75 Å². The molecule has 2 amide bonds. The zero-order chi connectivity index (χ0) is 23.8. The van der Waals surface area contributed by atoms with Crippen molar-refractivity contribution >= 4 is 29.0 Å². The highest BCUT2D eigenvalue weighted by Gasteiger charge is 2.27. The maximum atomic E-state index is 13.3. The molecule has 0 aliphatic heterocycles. The van der Waals surface area contributed by atoms with Gasteiger partial charge < -0.3 is 15.4 Å². The maximum Gasteiger partial charge on any atom is 0.246 e. The third-order valence-electron chi connectivity index (χ3n) is 5.11. The van der Waals surface area contributed by atoms with Gasteiger partial charge in [-0.15, -0.1) is 0 Å². The first-order valence-corrected chi connectivity index (χ1v) is 10.5. The number of likely N-dealkylation sites (N-methyl/N-ethyl adjacent to an activating group) is 1. The van der Waals surface area contributed by atoms with Crippen LogP contribution in [0.2, 0.25) is 0 Å². The summed E-state index contributed by atoms with van der Waals surface area (Å²) in [6.45, 7) is 1.47. The number of rotatable bonds is 9. The summed E-state index contributed by atoms with van der Waals surface area (Å²) in [7, 11) is 3.30. The summed E-state index contributed by atoms with van der Waals surface area (Å²) in [5.74, 6) is 0.0504. The van der Waals surface area contributed by atoms with E-state index in [1.165, 1.54) is 6.92 Å². The molecule has 0 bridgehead atoms. The summed E-state index contributed by atoms with van der Waals surface area (Å²) in [5, 5.41) is 5.71. The number of ether oxygens (including phenoxy) is 1. The monoisotopic (exact) mass is 445 g/mol. The molecule has 0 aliphatic carbocycles. The second-order valence-electron chi connectivity index (χ2n) is 7.63. The van der Waals surface area contributed by atoms with Crippen molar-refractivity contribution in [1.82, 2.24) is 4.90 Å². The second kappa shape index (κ2) is 11.1. The highest BCUT2D eigenvalue weighted by atomic mass is 16.5. The number of carbonyl (C=O) groups is 3. The summed E-state index contributed by atoms with van der Waals surface area (Å²) in [6.07, 6.45) is 0. The van der Waals surface area contributed by atoms with Crippen LogP contribution in [-0.2, 0) is 9.59 Å². The van der Waals surface area contributed by atoms with Crippen LogP contribution in [0.1, 0.15) is 28.9 Å². The summed E-state index contributed by atoms with van der Waals surface area (Å²) >= 11 is 0. The van der Waals surface area contributed by atoms with Crippen LogP contribution >= 0.6 is 0 Å².